The Kier molecular flexibility index (Phi) is 3.91. The van der Waals surface area contributed by atoms with Gasteiger partial charge in [0.05, 0.1) is 0 Å². The zero-order chi connectivity index (χ0) is 13.1. The molecule has 0 bridgehead atoms. The van der Waals surface area contributed by atoms with Crippen LogP contribution in [-0.4, -0.2) is 24.7 Å². The van der Waals surface area contributed by atoms with E-state index >= 15 is 0 Å². The van der Waals surface area contributed by atoms with Crippen LogP contribution in [0, 0.1) is 0 Å². The molecular formula is C12H16ClN5. The Morgan fingerprint density at radius 2 is 1.72 bits per heavy atom. The van der Waals surface area contributed by atoms with Crippen LogP contribution in [-0.2, 0) is 19.3 Å². The Labute approximate surface area is 111 Å². The molecule has 0 unspecified atom stereocenters. The van der Waals surface area contributed by atoms with Gasteiger partial charge in [0.15, 0.2) is 11.6 Å². The van der Waals surface area contributed by atoms with Gasteiger partial charge in [-0.3, -0.25) is 0 Å². The number of aryl methyl sites for hydroxylation is 3. The van der Waals surface area contributed by atoms with Crippen molar-refractivity contribution in [2.24, 2.45) is 0 Å². The highest BCUT2D eigenvalue weighted by molar-refractivity contribution is 6.29. The number of halogens is 1. The number of rotatable bonds is 4. The summed E-state index contributed by atoms with van der Waals surface area (Å²) in [6.07, 6.45) is 2.35. The fraction of sp³-hybridized carbons (Fsp3) is 0.500. The van der Waals surface area contributed by atoms with Crippen LogP contribution in [0.2, 0.25) is 5.15 Å². The van der Waals surface area contributed by atoms with Crippen molar-refractivity contribution in [3.8, 4) is 5.82 Å². The molecule has 96 valence electrons. The van der Waals surface area contributed by atoms with Crippen LogP contribution in [0.25, 0.3) is 5.82 Å². The molecule has 0 atom stereocenters. The third-order valence-electron chi connectivity index (χ3n) is 2.61. The molecule has 0 radical (unpaired) electrons. The lowest BCUT2D eigenvalue weighted by Crippen LogP contribution is -2.07. The van der Waals surface area contributed by atoms with Crippen molar-refractivity contribution in [2.75, 3.05) is 0 Å². The lowest BCUT2D eigenvalue weighted by Gasteiger charge is -2.05. The number of nitrogens with zero attached hydrogens (tertiary/aromatic N) is 5. The highest BCUT2D eigenvalue weighted by Gasteiger charge is 2.12. The maximum Gasteiger partial charge on any atom is 0.160 e. The van der Waals surface area contributed by atoms with E-state index in [4.69, 9.17) is 11.6 Å². The molecule has 0 saturated heterocycles. The molecule has 0 saturated carbocycles. The van der Waals surface area contributed by atoms with Gasteiger partial charge in [0.1, 0.15) is 16.8 Å². The Morgan fingerprint density at radius 1 is 1.00 bits per heavy atom. The molecule has 0 spiro atoms. The van der Waals surface area contributed by atoms with Gasteiger partial charge in [0.25, 0.3) is 0 Å². The summed E-state index contributed by atoms with van der Waals surface area (Å²) in [5, 5.41) is 4.88. The van der Waals surface area contributed by atoms with E-state index in [0.29, 0.717) is 16.8 Å². The predicted molar refractivity (Wildman–Crippen MR) is 70.1 cm³/mol. The quantitative estimate of drug-likeness (QED) is 0.797. The number of hydrogen-bond acceptors (Lipinski definition) is 4. The van der Waals surface area contributed by atoms with Crippen molar-refractivity contribution in [3.63, 3.8) is 0 Å². The standard InChI is InChI=1S/C12H16ClN5/c1-4-9-14-8(13)7-12(15-9)18-11(6-3)16-10(5-2)17-18/h7H,4-6H2,1-3H3. The molecule has 18 heavy (non-hydrogen) atoms. The Balaban J connectivity index is 2.53. The van der Waals surface area contributed by atoms with Gasteiger partial charge in [-0.15, -0.1) is 5.10 Å². The molecule has 0 fully saturated rings. The Hall–Kier alpha value is -1.49. The van der Waals surface area contributed by atoms with Gasteiger partial charge in [-0.1, -0.05) is 32.4 Å². The van der Waals surface area contributed by atoms with E-state index in [2.05, 4.69) is 20.1 Å². The summed E-state index contributed by atoms with van der Waals surface area (Å²) in [6, 6.07) is 1.72. The van der Waals surface area contributed by atoms with Crippen molar-refractivity contribution < 1.29 is 0 Å². The van der Waals surface area contributed by atoms with Crippen LogP contribution in [0.4, 0.5) is 0 Å². The van der Waals surface area contributed by atoms with Crippen molar-refractivity contribution in [3.05, 3.63) is 28.7 Å². The maximum atomic E-state index is 6.00. The van der Waals surface area contributed by atoms with E-state index < -0.39 is 0 Å². The molecule has 6 heteroatoms. The first-order chi connectivity index (χ1) is 8.67. The first-order valence-corrected chi connectivity index (χ1v) is 6.54. The number of aromatic nitrogens is 5. The molecule has 2 aromatic rings. The topological polar surface area (TPSA) is 56.5 Å². The van der Waals surface area contributed by atoms with Gasteiger partial charge in [-0.05, 0) is 0 Å². The van der Waals surface area contributed by atoms with Gasteiger partial charge in [-0.2, -0.15) is 4.68 Å². The van der Waals surface area contributed by atoms with Crippen molar-refractivity contribution in [1.82, 2.24) is 24.7 Å². The summed E-state index contributed by atoms with van der Waals surface area (Å²) in [4.78, 5) is 13.1. The van der Waals surface area contributed by atoms with Gasteiger partial charge >= 0.3 is 0 Å². The second kappa shape index (κ2) is 5.44. The van der Waals surface area contributed by atoms with Crippen LogP contribution in [0.15, 0.2) is 6.07 Å². The fourth-order valence-electron chi connectivity index (χ4n) is 1.67. The van der Waals surface area contributed by atoms with Gasteiger partial charge in [0.2, 0.25) is 0 Å². The Bertz CT molecular complexity index is 549. The second-order valence-electron chi connectivity index (χ2n) is 3.88. The molecule has 5 nitrogen and oxygen atoms in total. The van der Waals surface area contributed by atoms with E-state index in [9.17, 15) is 0 Å². The fourth-order valence-corrected chi connectivity index (χ4v) is 1.87. The molecule has 2 heterocycles. The van der Waals surface area contributed by atoms with Crippen LogP contribution in [0.1, 0.15) is 38.2 Å². The molecule has 0 aliphatic carbocycles. The van der Waals surface area contributed by atoms with Crippen LogP contribution >= 0.6 is 11.6 Å². The smallest absolute Gasteiger partial charge is 0.160 e. The average Bonchev–Trinajstić information content (AvgIpc) is 2.81. The predicted octanol–water partition coefficient (Wildman–Crippen LogP) is 2.40. The summed E-state index contributed by atoms with van der Waals surface area (Å²) >= 11 is 6.00. The highest BCUT2D eigenvalue weighted by Crippen LogP contribution is 2.14. The van der Waals surface area contributed by atoms with E-state index in [1.165, 1.54) is 0 Å². The number of hydrogen-bond donors (Lipinski definition) is 0. The minimum atomic E-state index is 0.437. The molecule has 0 N–H and O–H groups in total. The first kappa shape index (κ1) is 13.0. The molecule has 2 rings (SSSR count). The van der Waals surface area contributed by atoms with Gasteiger partial charge in [-0.25, -0.2) is 15.0 Å². The average molecular weight is 266 g/mol. The molecule has 0 aliphatic heterocycles. The van der Waals surface area contributed by atoms with Gasteiger partial charge < -0.3 is 0 Å². The molecule has 0 aliphatic rings. The summed E-state index contributed by atoms with van der Waals surface area (Å²) < 4.78 is 1.76. The minimum Gasteiger partial charge on any atom is -0.221 e. The third-order valence-corrected chi connectivity index (χ3v) is 2.81. The molecule has 0 aromatic carbocycles. The van der Waals surface area contributed by atoms with E-state index in [1.807, 2.05) is 20.8 Å². The highest BCUT2D eigenvalue weighted by atomic mass is 35.5. The minimum absolute atomic E-state index is 0.437. The summed E-state index contributed by atoms with van der Waals surface area (Å²) in [5.74, 6) is 3.12. The molecule has 2 aromatic heterocycles. The zero-order valence-electron chi connectivity index (χ0n) is 10.8. The lowest BCUT2D eigenvalue weighted by molar-refractivity contribution is 0.753. The first-order valence-electron chi connectivity index (χ1n) is 6.16. The van der Waals surface area contributed by atoms with Crippen molar-refractivity contribution >= 4 is 11.6 Å². The molecule has 0 amide bonds. The zero-order valence-corrected chi connectivity index (χ0v) is 11.6. The van der Waals surface area contributed by atoms with Crippen LogP contribution in [0.5, 0.6) is 0 Å². The Morgan fingerprint density at radius 3 is 2.33 bits per heavy atom. The lowest BCUT2D eigenvalue weighted by atomic mass is 10.4. The summed E-state index contributed by atoms with van der Waals surface area (Å²) in [5.41, 5.74) is 0. The van der Waals surface area contributed by atoms with Crippen LogP contribution in [0.3, 0.4) is 0 Å². The van der Waals surface area contributed by atoms with Gasteiger partial charge in [0, 0.05) is 25.3 Å². The van der Waals surface area contributed by atoms with Crippen molar-refractivity contribution in [1.29, 1.82) is 0 Å². The van der Waals surface area contributed by atoms with E-state index in [-0.39, 0.29) is 0 Å². The summed E-state index contributed by atoms with van der Waals surface area (Å²) in [7, 11) is 0. The third kappa shape index (κ3) is 2.51. The SMILES string of the molecule is CCc1nc(Cl)cc(-n2nc(CC)nc2CC)n1. The largest absolute Gasteiger partial charge is 0.221 e. The normalized spacial score (nSPS) is 10.9. The van der Waals surface area contributed by atoms with E-state index in [1.54, 1.807) is 10.7 Å². The van der Waals surface area contributed by atoms with Crippen molar-refractivity contribution in [2.45, 2.75) is 40.0 Å². The second-order valence-corrected chi connectivity index (χ2v) is 4.27. The summed E-state index contributed by atoms with van der Waals surface area (Å²) in [6.45, 7) is 6.07. The molecular weight excluding hydrogens is 250 g/mol. The monoisotopic (exact) mass is 265 g/mol. The van der Waals surface area contributed by atoms with E-state index in [0.717, 1.165) is 30.9 Å². The maximum absolute atomic E-state index is 6.00. The van der Waals surface area contributed by atoms with Crippen LogP contribution < -0.4 is 0 Å².